The fourth-order valence-electron chi connectivity index (χ4n) is 4.18. The van der Waals surface area contributed by atoms with Gasteiger partial charge in [0, 0.05) is 29.4 Å². The van der Waals surface area contributed by atoms with Crippen molar-refractivity contribution in [2.75, 3.05) is 14.2 Å². The molecule has 1 spiro atoms. The molecule has 7 heteroatoms. The molecule has 1 N–H and O–H groups in total. The van der Waals surface area contributed by atoms with Gasteiger partial charge in [-0.2, -0.15) is 0 Å². The van der Waals surface area contributed by atoms with Gasteiger partial charge in [0.1, 0.15) is 11.2 Å². The first-order valence-electron chi connectivity index (χ1n) is 8.16. The molecule has 4 rings (SSSR count). The van der Waals surface area contributed by atoms with Gasteiger partial charge in [-0.1, -0.05) is 6.07 Å². The Hall–Kier alpha value is -2.38. The van der Waals surface area contributed by atoms with Crippen molar-refractivity contribution in [3.8, 4) is 11.6 Å². The minimum Gasteiger partial charge on any atom is -0.496 e. The normalized spacial score (nSPS) is 21.5. The van der Waals surface area contributed by atoms with Gasteiger partial charge in [-0.15, -0.1) is 0 Å². The lowest BCUT2D eigenvalue weighted by Gasteiger charge is -2.25. The van der Waals surface area contributed by atoms with Crippen LogP contribution in [0.2, 0.25) is 0 Å². The van der Waals surface area contributed by atoms with Gasteiger partial charge in [0.15, 0.2) is 11.6 Å². The summed E-state index contributed by atoms with van der Waals surface area (Å²) in [5, 5.41) is 1.54. The summed E-state index contributed by atoms with van der Waals surface area (Å²) in [5.74, 6) is 0.155. The number of ether oxygens (including phenoxy) is 2. The van der Waals surface area contributed by atoms with E-state index in [0.29, 0.717) is 47.5 Å². The quantitative estimate of drug-likeness (QED) is 0.656. The Morgan fingerprint density at radius 1 is 1.23 bits per heavy atom. The standard InChI is InChI=1S/C19H17NO5S/c1-9-6-11-7-10-4-5-19(13(21)8-12(26-23)17(19)22)15(10)16(24-2)14(11)18(20-9)25-3/h6-8,23H,4-5H2,1-3H3/t19-/m1/s1. The number of rotatable bonds is 3. The van der Waals surface area contributed by atoms with Crippen molar-refractivity contribution in [1.29, 1.82) is 0 Å². The summed E-state index contributed by atoms with van der Waals surface area (Å²) in [6.07, 6.45) is 2.18. The molecule has 0 fully saturated rings. The van der Waals surface area contributed by atoms with Crippen LogP contribution in [0.15, 0.2) is 23.1 Å². The molecule has 2 aliphatic rings. The summed E-state index contributed by atoms with van der Waals surface area (Å²) in [5.41, 5.74) is 0.960. The zero-order valence-electron chi connectivity index (χ0n) is 14.6. The van der Waals surface area contributed by atoms with E-state index in [4.69, 9.17) is 9.47 Å². The molecule has 0 radical (unpaired) electrons. The number of hydrogen-bond acceptors (Lipinski definition) is 7. The van der Waals surface area contributed by atoms with Crippen molar-refractivity contribution in [3.05, 3.63) is 39.9 Å². The Bertz CT molecular complexity index is 1010. The Balaban J connectivity index is 2.08. The minimum absolute atomic E-state index is 0.0685. The third kappa shape index (κ3) is 2.01. The first-order valence-corrected chi connectivity index (χ1v) is 8.93. The number of hydrogen-bond donors (Lipinski definition) is 1. The van der Waals surface area contributed by atoms with Crippen molar-refractivity contribution < 1.29 is 23.6 Å². The van der Waals surface area contributed by atoms with Gasteiger partial charge >= 0.3 is 0 Å². The molecule has 1 aromatic carbocycles. The smallest absolute Gasteiger partial charge is 0.225 e. The Morgan fingerprint density at radius 2 is 2.00 bits per heavy atom. The van der Waals surface area contributed by atoms with Crippen LogP contribution >= 0.6 is 12.0 Å². The topological polar surface area (TPSA) is 85.7 Å². The van der Waals surface area contributed by atoms with Gasteiger partial charge in [0.2, 0.25) is 5.88 Å². The predicted molar refractivity (Wildman–Crippen MR) is 97.9 cm³/mol. The number of aryl methyl sites for hydroxylation is 2. The Labute approximate surface area is 154 Å². The molecular formula is C19H17NO5S. The Kier molecular flexibility index (Phi) is 3.82. The molecule has 0 bridgehead atoms. The van der Waals surface area contributed by atoms with Crippen LogP contribution in [0.5, 0.6) is 11.6 Å². The van der Waals surface area contributed by atoms with Crippen molar-refractivity contribution >= 4 is 34.4 Å². The van der Waals surface area contributed by atoms with Crippen molar-refractivity contribution in [1.82, 2.24) is 4.98 Å². The van der Waals surface area contributed by atoms with E-state index in [2.05, 4.69) is 4.98 Å². The van der Waals surface area contributed by atoms with Gasteiger partial charge in [0.25, 0.3) is 0 Å². The maximum Gasteiger partial charge on any atom is 0.225 e. The second-order valence-electron chi connectivity index (χ2n) is 6.51. The summed E-state index contributed by atoms with van der Waals surface area (Å²) in [4.78, 5) is 30.3. The summed E-state index contributed by atoms with van der Waals surface area (Å²) >= 11 is 0.319. The van der Waals surface area contributed by atoms with Gasteiger partial charge in [-0.25, -0.2) is 4.98 Å². The van der Waals surface area contributed by atoms with E-state index < -0.39 is 5.41 Å². The molecule has 2 aliphatic carbocycles. The van der Waals surface area contributed by atoms with Crippen LogP contribution in [0.25, 0.3) is 10.8 Å². The highest BCUT2D eigenvalue weighted by molar-refractivity contribution is 7.98. The van der Waals surface area contributed by atoms with E-state index in [1.165, 1.54) is 20.3 Å². The van der Waals surface area contributed by atoms with E-state index in [0.717, 1.165) is 16.6 Å². The number of benzene rings is 1. The summed E-state index contributed by atoms with van der Waals surface area (Å²) < 4.78 is 20.5. The number of methoxy groups -OCH3 is 2. The number of fused-ring (bicyclic) bond motifs is 3. The molecule has 0 saturated carbocycles. The lowest BCUT2D eigenvalue weighted by Crippen LogP contribution is -2.37. The van der Waals surface area contributed by atoms with Crippen molar-refractivity contribution in [2.45, 2.75) is 25.2 Å². The van der Waals surface area contributed by atoms with E-state index in [1.807, 2.05) is 19.1 Å². The van der Waals surface area contributed by atoms with Gasteiger partial charge in [-0.05, 0) is 36.8 Å². The van der Waals surface area contributed by atoms with E-state index >= 15 is 0 Å². The number of carbonyl (C=O) groups is 2. The molecule has 0 saturated heterocycles. The fraction of sp³-hybridized carbons (Fsp3) is 0.316. The molecule has 1 heterocycles. The van der Waals surface area contributed by atoms with Crippen LogP contribution in [-0.4, -0.2) is 35.3 Å². The molecule has 1 atom stereocenters. The SMILES string of the molecule is COc1nc(C)cc2cc3c(c(OC)c12)[C@@]1(CC3)C(=O)C=C(SO)C1=O. The van der Waals surface area contributed by atoms with E-state index in [-0.39, 0.29) is 16.5 Å². The third-order valence-electron chi connectivity index (χ3n) is 5.24. The number of pyridine rings is 1. The van der Waals surface area contributed by atoms with Crippen molar-refractivity contribution in [2.24, 2.45) is 0 Å². The second-order valence-corrected chi connectivity index (χ2v) is 7.14. The summed E-state index contributed by atoms with van der Waals surface area (Å²) in [6, 6.07) is 3.90. The number of Topliss-reactive ketones (excluding diaryl/α,β-unsaturated/α-hetero) is 1. The first kappa shape index (κ1) is 17.1. The summed E-state index contributed by atoms with van der Waals surface area (Å²) in [6.45, 7) is 1.88. The lowest BCUT2D eigenvalue weighted by molar-refractivity contribution is -0.128. The van der Waals surface area contributed by atoms with Crippen LogP contribution in [0, 0.1) is 6.92 Å². The third-order valence-corrected chi connectivity index (χ3v) is 5.74. The molecule has 0 aliphatic heterocycles. The number of nitrogens with zero attached hydrogens (tertiary/aromatic N) is 1. The second kappa shape index (κ2) is 5.82. The molecule has 134 valence electrons. The van der Waals surface area contributed by atoms with Gasteiger partial charge in [-0.3, -0.25) is 9.59 Å². The average molecular weight is 371 g/mol. The molecule has 6 nitrogen and oxygen atoms in total. The minimum atomic E-state index is -1.32. The van der Waals surface area contributed by atoms with Gasteiger partial charge in [0.05, 0.1) is 24.5 Å². The van der Waals surface area contributed by atoms with Crippen LogP contribution < -0.4 is 9.47 Å². The highest BCUT2D eigenvalue weighted by Crippen LogP contribution is 2.53. The van der Waals surface area contributed by atoms with E-state index in [1.54, 1.807) is 0 Å². The highest BCUT2D eigenvalue weighted by Gasteiger charge is 2.57. The number of ketones is 2. The summed E-state index contributed by atoms with van der Waals surface area (Å²) in [7, 11) is 3.04. The maximum absolute atomic E-state index is 13.0. The first-order chi connectivity index (χ1) is 12.5. The largest absolute Gasteiger partial charge is 0.496 e. The molecule has 0 unspecified atom stereocenters. The fourth-order valence-corrected chi connectivity index (χ4v) is 4.59. The number of allylic oxidation sites excluding steroid dienone is 2. The average Bonchev–Trinajstić information content (AvgIpc) is 3.13. The number of carbonyl (C=O) groups excluding carboxylic acids is 2. The molecule has 26 heavy (non-hydrogen) atoms. The van der Waals surface area contributed by atoms with Crippen molar-refractivity contribution in [3.63, 3.8) is 0 Å². The van der Waals surface area contributed by atoms with Gasteiger partial charge < -0.3 is 14.0 Å². The zero-order valence-corrected chi connectivity index (χ0v) is 15.4. The van der Waals surface area contributed by atoms with E-state index in [9.17, 15) is 14.1 Å². The highest BCUT2D eigenvalue weighted by atomic mass is 32.2. The predicted octanol–water partition coefficient (Wildman–Crippen LogP) is 2.99. The van der Waals surface area contributed by atoms with Crippen LogP contribution in [-0.2, 0) is 21.4 Å². The molecule has 1 aromatic heterocycles. The van der Waals surface area contributed by atoms with Crippen LogP contribution in [0.1, 0.15) is 23.2 Å². The molecule has 2 aromatic rings. The monoisotopic (exact) mass is 371 g/mol. The lowest BCUT2D eigenvalue weighted by atomic mass is 9.76. The molecule has 0 amide bonds. The van der Waals surface area contributed by atoms with Crippen LogP contribution in [0.4, 0.5) is 0 Å². The Morgan fingerprint density at radius 3 is 2.62 bits per heavy atom. The number of aromatic nitrogens is 1. The van der Waals surface area contributed by atoms with Crippen LogP contribution in [0.3, 0.4) is 0 Å². The maximum atomic E-state index is 13.0. The molecular weight excluding hydrogens is 354 g/mol. The zero-order chi connectivity index (χ0) is 18.6.